The van der Waals surface area contributed by atoms with Gasteiger partial charge in [-0.2, -0.15) is 5.26 Å². The fourth-order valence-electron chi connectivity index (χ4n) is 3.92. The van der Waals surface area contributed by atoms with Crippen molar-refractivity contribution in [3.8, 4) is 22.3 Å². The lowest BCUT2D eigenvalue weighted by molar-refractivity contribution is 0.102. The molecule has 6 nitrogen and oxygen atoms in total. The predicted molar refractivity (Wildman–Crippen MR) is 122 cm³/mol. The summed E-state index contributed by atoms with van der Waals surface area (Å²) < 4.78 is 11.3. The van der Waals surface area contributed by atoms with Crippen molar-refractivity contribution in [2.45, 2.75) is 12.8 Å². The van der Waals surface area contributed by atoms with Gasteiger partial charge in [-0.25, -0.2) is 4.79 Å². The number of fused-ring (bicyclic) bond motifs is 3. The molecule has 3 heterocycles. The van der Waals surface area contributed by atoms with Crippen molar-refractivity contribution >= 4 is 28.1 Å². The molecule has 1 atom stereocenters. The monoisotopic (exact) mass is 440 g/mol. The highest BCUT2D eigenvalue weighted by molar-refractivity contribution is 7.17. The first-order valence-corrected chi connectivity index (χ1v) is 10.6. The van der Waals surface area contributed by atoms with Crippen molar-refractivity contribution in [3.63, 3.8) is 0 Å². The molecule has 0 radical (unpaired) electrons. The molecular formula is C25H16N2O4S. The summed E-state index contributed by atoms with van der Waals surface area (Å²) in [5, 5.41) is 10.4. The topological polar surface area (TPSA) is 106 Å². The number of hydrogen-bond donors (Lipinski definition) is 1. The van der Waals surface area contributed by atoms with Gasteiger partial charge in [-0.3, -0.25) is 4.79 Å². The molecule has 0 amide bonds. The minimum absolute atomic E-state index is 0.0231. The van der Waals surface area contributed by atoms with Gasteiger partial charge in [0.15, 0.2) is 11.5 Å². The average Bonchev–Trinajstić information content (AvgIpc) is 3.29. The van der Waals surface area contributed by atoms with Crippen LogP contribution in [0.2, 0.25) is 0 Å². The Morgan fingerprint density at radius 1 is 1.09 bits per heavy atom. The summed E-state index contributed by atoms with van der Waals surface area (Å²) >= 11 is 1.42. The molecule has 4 aromatic rings. The lowest BCUT2D eigenvalue weighted by Gasteiger charge is -2.26. The third kappa shape index (κ3) is 3.09. The minimum Gasteiger partial charge on any atom is -0.439 e. The predicted octanol–water partition coefficient (Wildman–Crippen LogP) is 4.94. The van der Waals surface area contributed by atoms with Gasteiger partial charge in [0, 0.05) is 4.88 Å². The van der Waals surface area contributed by atoms with Gasteiger partial charge >= 0.3 is 5.63 Å². The average molecular weight is 440 g/mol. The number of nitrogens with two attached hydrogens (primary N) is 1. The Bertz CT molecular complexity index is 1520. The van der Waals surface area contributed by atoms with Crippen LogP contribution in [0.3, 0.4) is 0 Å². The molecule has 0 saturated heterocycles. The Morgan fingerprint density at radius 2 is 1.84 bits per heavy atom. The second-order valence-electron chi connectivity index (χ2n) is 7.40. The van der Waals surface area contributed by atoms with Gasteiger partial charge in [0.1, 0.15) is 17.2 Å². The van der Waals surface area contributed by atoms with Gasteiger partial charge in [0.2, 0.25) is 5.88 Å². The smallest absolute Gasteiger partial charge is 0.344 e. The van der Waals surface area contributed by atoms with E-state index in [2.05, 4.69) is 6.07 Å². The SMILES string of the molecule is CC(=O)c1ccc(-c2ccc(C3C(C#N)=C(N)Oc4c3c(=O)oc3ccccc43)cc2)s1. The van der Waals surface area contributed by atoms with E-state index in [0.717, 1.165) is 10.4 Å². The van der Waals surface area contributed by atoms with Gasteiger partial charge < -0.3 is 14.9 Å². The molecule has 1 aliphatic heterocycles. The normalized spacial score (nSPS) is 15.2. The van der Waals surface area contributed by atoms with Crippen molar-refractivity contribution in [1.29, 1.82) is 5.26 Å². The number of Topliss-reactive ketones (excluding diaryl/α,β-unsaturated/α-hetero) is 1. The zero-order valence-electron chi connectivity index (χ0n) is 16.9. The van der Waals surface area contributed by atoms with E-state index in [9.17, 15) is 14.9 Å². The van der Waals surface area contributed by atoms with Crippen LogP contribution in [-0.2, 0) is 0 Å². The molecule has 2 aromatic heterocycles. The first-order chi connectivity index (χ1) is 15.5. The molecule has 2 aromatic carbocycles. The Balaban J connectivity index is 1.66. The van der Waals surface area contributed by atoms with E-state index in [-0.39, 0.29) is 22.8 Å². The summed E-state index contributed by atoms with van der Waals surface area (Å²) in [6.07, 6.45) is 0. The van der Waals surface area contributed by atoms with E-state index in [1.165, 1.54) is 18.3 Å². The first-order valence-electron chi connectivity index (χ1n) is 9.82. The van der Waals surface area contributed by atoms with Crippen molar-refractivity contribution in [1.82, 2.24) is 0 Å². The maximum Gasteiger partial charge on any atom is 0.344 e. The van der Waals surface area contributed by atoms with Crippen LogP contribution in [0.5, 0.6) is 5.75 Å². The van der Waals surface area contributed by atoms with Crippen molar-refractivity contribution in [2.75, 3.05) is 0 Å². The Labute approximate surface area is 186 Å². The summed E-state index contributed by atoms with van der Waals surface area (Å²) in [6, 6.07) is 20.3. The maximum absolute atomic E-state index is 12.9. The number of carbonyl (C=O) groups is 1. The van der Waals surface area contributed by atoms with Crippen LogP contribution in [0.25, 0.3) is 21.4 Å². The van der Waals surface area contributed by atoms with Gasteiger partial charge in [-0.1, -0.05) is 36.4 Å². The molecule has 32 heavy (non-hydrogen) atoms. The third-order valence-corrected chi connectivity index (χ3v) is 6.69. The number of nitrogens with zero attached hydrogens (tertiary/aromatic N) is 1. The molecule has 0 aliphatic carbocycles. The fourth-order valence-corrected chi connectivity index (χ4v) is 4.83. The zero-order chi connectivity index (χ0) is 22.4. The quantitative estimate of drug-likeness (QED) is 0.357. The highest BCUT2D eigenvalue weighted by atomic mass is 32.1. The molecule has 5 rings (SSSR count). The number of allylic oxidation sites excluding steroid dienone is 1. The summed E-state index contributed by atoms with van der Waals surface area (Å²) in [5.74, 6) is -0.411. The minimum atomic E-state index is -0.713. The van der Waals surface area contributed by atoms with Gasteiger partial charge in [-0.15, -0.1) is 11.3 Å². The van der Waals surface area contributed by atoms with Crippen LogP contribution in [0.1, 0.15) is 33.6 Å². The van der Waals surface area contributed by atoms with Gasteiger partial charge in [0.05, 0.1) is 21.7 Å². The highest BCUT2D eigenvalue weighted by Crippen LogP contribution is 2.43. The Hall–Kier alpha value is -4.15. The summed E-state index contributed by atoms with van der Waals surface area (Å²) in [6.45, 7) is 1.54. The number of ketones is 1. The molecule has 7 heteroatoms. The van der Waals surface area contributed by atoms with Crippen LogP contribution in [0.15, 0.2) is 81.3 Å². The van der Waals surface area contributed by atoms with Gasteiger partial charge in [-0.05, 0) is 42.3 Å². The summed E-state index contributed by atoms with van der Waals surface area (Å²) in [7, 11) is 0. The molecule has 156 valence electrons. The second-order valence-corrected chi connectivity index (χ2v) is 8.48. The molecule has 2 N–H and O–H groups in total. The highest BCUT2D eigenvalue weighted by Gasteiger charge is 2.35. The van der Waals surface area contributed by atoms with E-state index in [1.807, 2.05) is 36.4 Å². The molecular weight excluding hydrogens is 424 g/mol. The molecule has 0 saturated carbocycles. The van der Waals surface area contributed by atoms with Crippen LogP contribution in [0, 0.1) is 11.3 Å². The van der Waals surface area contributed by atoms with E-state index in [0.29, 0.717) is 27.2 Å². The number of nitriles is 1. The standard InChI is InChI=1S/C25H16N2O4S/c1-13(28)19-10-11-20(32-19)14-6-8-15(9-7-14)21-17(12-26)24(27)31-23-16-4-2-3-5-18(16)30-25(29)22(21)23/h2-11,21H,27H2,1H3. The first kappa shape index (κ1) is 19.8. The van der Waals surface area contributed by atoms with E-state index in [4.69, 9.17) is 14.9 Å². The fraction of sp³-hybridized carbons (Fsp3) is 0.0800. The van der Waals surface area contributed by atoms with Crippen LogP contribution < -0.4 is 16.1 Å². The maximum atomic E-state index is 12.9. The number of rotatable bonds is 3. The summed E-state index contributed by atoms with van der Waals surface area (Å²) in [4.78, 5) is 26.2. The third-order valence-electron chi connectivity index (χ3n) is 5.46. The lowest BCUT2D eigenvalue weighted by Crippen LogP contribution is -2.26. The Kier molecular flexibility index (Phi) is 4.65. The van der Waals surface area contributed by atoms with Crippen molar-refractivity contribution < 1.29 is 13.9 Å². The number of thiophene rings is 1. The molecule has 1 unspecified atom stereocenters. The lowest BCUT2D eigenvalue weighted by atomic mass is 9.83. The molecule has 0 fully saturated rings. The van der Waals surface area contributed by atoms with Crippen LogP contribution in [0.4, 0.5) is 0 Å². The number of carbonyl (C=O) groups excluding carboxylic acids is 1. The van der Waals surface area contributed by atoms with Crippen molar-refractivity contribution in [3.05, 3.63) is 98.5 Å². The number of para-hydroxylation sites is 1. The van der Waals surface area contributed by atoms with E-state index >= 15 is 0 Å². The number of hydrogen-bond acceptors (Lipinski definition) is 7. The van der Waals surface area contributed by atoms with Crippen molar-refractivity contribution in [2.24, 2.45) is 5.73 Å². The summed E-state index contributed by atoms with van der Waals surface area (Å²) in [5.41, 5.74) is 7.96. The van der Waals surface area contributed by atoms with E-state index in [1.54, 1.807) is 24.3 Å². The Morgan fingerprint density at radius 3 is 2.53 bits per heavy atom. The van der Waals surface area contributed by atoms with Gasteiger partial charge in [0.25, 0.3) is 0 Å². The molecule has 0 spiro atoms. The zero-order valence-corrected chi connectivity index (χ0v) is 17.7. The molecule has 1 aliphatic rings. The van der Waals surface area contributed by atoms with Crippen LogP contribution >= 0.6 is 11.3 Å². The van der Waals surface area contributed by atoms with E-state index < -0.39 is 11.5 Å². The number of ether oxygens (including phenoxy) is 1. The second kappa shape index (κ2) is 7.52. The van der Waals surface area contributed by atoms with Crippen LogP contribution in [-0.4, -0.2) is 5.78 Å². The number of benzene rings is 2. The molecule has 0 bridgehead atoms. The largest absolute Gasteiger partial charge is 0.439 e.